The van der Waals surface area contributed by atoms with Crippen LogP contribution < -0.4 is 0 Å². The third-order valence-electron chi connectivity index (χ3n) is 4.87. The second-order valence-corrected chi connectivity index (χ2v) is 6.51. The van der Waals surface area contributed by atoms with Crippen LogP contribution in [0.5, 0.6) is 0 Å². The molecule has 3 aromatic rings. The van der Waals surface area contributed by atoms with E-state index in [4.69, 9.17) is 13.9 Å². The Morgan fingerprint density at radius 3 is 2.17 bits per heavy atom. The minimum absolute atomic E-state index is 0.0450. The summed E-state index contributed by atoms with van der Waals surface area (Å²) < 4.78 is 16.6. The molecule has 0 N–H and O–H groups in total. The van der Waals surface area contributed by atoms with E-state index in [2.05, 4.69) is 0 Å². The first-order valence-electron chi connectivity index (χ1n) is 8.74. The fourth-order valence-electron chi connectivity index (χ4n) is 3.63. The second kappa shape index (κ2) is 7.47. The number of fused-ring (bicyclic) bond motifs is 1. The molecule has 0 radical (unpaired) electrons. The van der Waals surface area contributed by atoms with Gasteiger partial charge in [0.15, 0.2) is 5.78 Å². The number of nitro groups is 1. The Hall–Kier alpha value is -3.95. The van der Waals surface area contributed by atoms with Crippen molar-refractivity contribution < 1.29 is 33.2 Å². The van der Waals surface area contributed by atoms with Crippen molar-refractivity contribution in [3.05, 3.63) is 56.4 Å². The summed E-state index contributed by atoms with van der Waals surface area (Å²) in [4.78, 5) is 47.9. The van der Waals surface area contributed by atoms with Crippen molar-refractivity contribution in [3.8, 4) is 11.3 Å². The smallest absolute Gasteiger partial charge is 0.433 e. The standard InChI is InChI=1S/C20H18N2O8/c1-9-12(19(24)28-4)8-13-17(20(25)29-5)18(14-6-7-15(30-14)22(26)27)16(11(3)23)10(2)21(9)13/h6-8H,1-5H3. The fourth-order valence-corrected chi connectivity index (χ4v) is 3.63. The molecule has 0 aliphatic carbocycles. The maximum Gasteiger partial charge on any atom is 0.433 e. The van der Waals surface area contributed by atoms with Gasteiger partial charge in [0.1, 0.15) is 10.7 Å². The van der Waals surface area contributed by atoms with Crippen LogP contribution in [-0.4, -0.2) is 41.3 Å². The molecule has 3 heterocycles. The molecular formula is C20H18N2O8. The quantitative estimate of drug-likeness (QED) is 0.268. The van der Waals surface area contributed by atoms with Gasteiger partial charge in [-0.25, -0.2) is 9.59 Å². The lowest BCUT2D eigenvalue weighted by Gasteiger charge is -2.17. The average molecular weight is 414 g/mol. The molecule has 0 fully saturated rings. The van der Waals surface area contributed by atoms with Gasteiger partial charge in [-0.2, -0.15) is 0 Å². The summed E-state index contributed by atoms with van der Waals surface area (Å²) in [6.07, 6.45) is 0. The van der Waals surface area contributed by atoms with Gasteiger partial charge in [-0.1, -0.05) is 0 Å². The molecule has 156 valence electrons. The minimum atomic E-state index is -0.800. The highest BCUT2D eigenvalue weighted by Crippen LogP contribution is 2.38. The van der Waals surface area contributed by atoms with E-state index in [1.165, 1.54) is 26.2 Å². The normalized spacial score (nSPS) is 10.8. The Labute approximate surface area is 170 Å². The Balaban J connectivity index is 2.57. The number of pyridine rings is 1. The van der Waals surface area contributed by atoms with Crippen LogP contribution in [0.15, 0.2) is 22.6 Å². The fraction of sp³-hybridized carbons (Fsp3) is 0.250. The van der Waals surface area contributed by atoms with Crippen molar-refractivity contribution in [2.24, 2.45) is 0 Å². The molecule has 30 heavy (non-hydrogen) atoms. The maximum atomic E-state index is 12.8. The van der Waals surface area contributed by atoms with Gasteiger partial charge >= 0.3 is 17.8 Å². The number of rotatable bonds is 5. The predicted molar refractivity (Wildman–Crippen MR) is 104 cm³/mol. The van der Waals surface area contributed by atoms with Gasteiger partial charge in [0.25, 0.3) is 0 Å². The van der Waals surface area contributed by atoms with E-state index in [0.717, 1.165) is 13.2 Å². The Morgan fingerprint density at radius 1 is 1.03 bits per heavy atom. The first kappa shape index (κ1) is 20.8. The second-order valence-electron chi connectivity index (χ2n) is 6.51. The molecule has 10 heteroatoms. The first-order chi connectivity index (χ1) is 14.1. The summed E-state index contributed by atoms with van der Waals surface area (Å²) in [6, 6.07) is 3.88. The molecule has 0 saturated heterocycles. The monoisotopic (exact) mass is 414 g/mol. The van der Waals surface area contributed by atoms with Crippen LogP contribution in [0.2, 0.25) is 0 Å². The molecule has 0 aliphatic heterocycles. The molecule has 0 bridgehead atoms. The van der Waals surface area contributed by atoms with E-state index in [9.17, 15) is 24.5 Å². The third kappa shape index (κ3) is 3.02. The number of esters is 2. The zero-order valence-electron chi connectivity index (χ0n) is 16.9. The number of carbonyl (C=O) groups is 3. The van der Waals surface area contributed by atoms with Gasteiger partial charge in [-0.3, -0.25) is 14.9 Å². The van der Waals surface area contributed by atoms with Crippen molar-refractivity contribution in [1.82, 2.24) is 4.40 Å². The molecule has 0 amide bonds. The van der Waals surface area contributed by atoms with Crippen molar-refractivity contribution in [1.29, 1.82) is 0 Å². The molecule has 3 aromatic heterocycles. The van der Waals surface area contributed by atoms with Gasteiger partial charge in [0.2, 0.25) is 0 Å². The average Bonchev–Trinajstić information content (AvgIpc) is 3.31. The number of hydrogen-bond donors (Lipinski definition) is 0. The molecule has 0 saturated carbocycles. The van der Waals surface area contributed by atoms with E-state index >= 15 is 0 Å². The number of carbonyl (C=O) groups excluding carboxylic acids is 3. The van der Waals surface area contributed by atoms with Crippen LogP contribution in [0.4, 0.5) is 5.88 Å². The Morgan fingerprint density at radius 2 is 1.67 bits per heavy atom. The minimum Gasteiger partial charge on any atom is -0.465 e. The highest BCUT2D eigenvalue weighted by molar-refractivity contribution is 6.12. The molecule has 0 atom stereocenters. The lowest BCUT2D eigenvalue weighted by atomic mass is 9.95. The summed E-state index contributed by atoms with van der Waals surface area (Å²) in [5.74, 6) is -2.41. The highest BCUT2D eigenvalue weighted by atomic mass is 16.6. The van der Waals surface area contributed by atoms with Gasteiger partial charge < -0.3 is 18.3 Å². The van der Waals surface area contributed by atoms with E-state index in [0.29, 0.717) is 11.4 Å². The molecule has 0 unspecified atom stereocenters. The number of aromatic nitrogens is 1. The summed E-state index contributed by atoms with van der Waals surface area (Å²) in [6.45, 7) is 4.59. The number of methoxy groups -OCH3 is 2. The summed E-state index contributed by atoms with van der Waals surface area (Å²) >= 11 is 0. The van der Waals surface area contributed by atoms with Crippen LogP contribution in [-0.2, 0) is 9.47 Å². The molecule has 0 spiro atoms. The Bertz CT molecular complexity index is 1230. The van der Waals surface area contributed by atoms with E-state index in [-0.39, 0.29) is 33.5 Å². The van der Waals surface area contributed by atoms with Crippen LogP contribution in [0.25, 0.3) is 16.8 Å². The maximum absolute atomic E-state index is 12.8. The molecule has 0 aliphatic rings. The van der Waals surface area contributed by atoms with Crippen LogP contribution in [0, 0.1) is 24.0 Å². The van der Waals surface area contributed by atoms with Crippen LogP contribution in [0.3, 0.4) is 0 Å². The van der Waals surface area contributed by atoms with Gasteiger partial charge in [0.05, 0.1) is 36.9 Å². The lowest BCUT2D eigenvalue weighted by Crippen LogP contribution is -2.14. The van der Waals surface area contributed by atoms with E-state index in [1.54, 1.807) is 18.2 Å². The van der Waals surface area contributed by atoms with Gasteiger partial charge in [-0.05, 0) is 32.9 Å². The van der Waals surface area contributed by atoms with Crippen LogP contribution in [0.1, 0.15) is 49.4 Å². The molecule has 10 nitrogen and oxygen atoms in total. The van der Waals surface area contributed by atoms with Crippen molar-refractivity contribution >= 4 is 29.1 Å². The summed E-state index contributed by atoms with van der Waals surface area (Å²) in [7, 11) is 2.39. The third-order valence-corrected chi connectivity index (χ3v) is 4.87. The van der Waals surface area contributed by atoms with Crippen molar-refractivity contribution in [2.45, 2.75) is 20.8 Å². The number of hydrogen-bond acceptors (Lipinski definition) is 8. The highest BCUT2D eigenvalue weighted by Gasteiger charge is 2.31. The lowest BCUT2D eigenvalue weighted by molar-refractivity contribution is -0.401. The predicted octanol–water partition coefficient (Wildman–Crippen LogP) is 3.50. The number of aryl methyl sites for hydroxylation is 2. The summed E-state index contributed by atoms with van der Waals surface area (Å²) in [5, 5.41) is 11.1. The van der Waals surface area contributed by atoms with E-state index < -0.39 is 28.5 Å². The van der Waals surface area contributed by atoms with Crippen molar-refractivity contribution in [3.63, 3.8) is 0 Å². The summed E-state index contributed by atoms with van der Waals surface area (Å²) in [5.41, 5.74) is 1.46. The zero-order valence-corrected chi connectivity index (χ0v) is 16.9. The number of Topliss-reactive ketones (excluding diaryl/α,β-unsaturated/α-hetero) is 1. The molecule has 0 aromatic carbocycles. The molecule has 3 rings (SSSR count). The number of furan rings is 1. The SMILES string of the molecule is COC(=O)c1cc2c(C(=O)OC)c(-c3ccc([N+](=O)[O-])o3)c(C(C)=O)c(C)n2c1C. The largest absolute Gasteiger partial charge is 0.465 e. The van der Waals surface area contributed by atoms with E-state index in [1.807, 2.05) is 0 Å². The van der Waals surface area contributed by atoms with Gasteiger partial charge in [-0.15, -0.1) is 0 Å². The van der Waals surface area contributed by atoms with Crippen LogP contribution >= 0.6 is 0 Å². The molecular weight excluding hydrogens is 396 g/mol. The Kier molecular flexibility index (Phi) is 5.17. The van der Waals surface area contributed by atoms with Gasteiger partial charge in [0, 0.05) is 22.5 Å². The number of ketones is 1. The number of nitrogens with zero attached hydrogens (tertiary/aromatic N) is 2. The van der Waals surface area contributed by atoms with Crippen molar-refractivity contribution in [2.75, 3.05) is 14.2 Å². The zero-order chi connectivity index (χ0) is 22.3. The first-order valence-corrected chi connectivity index (χ1v) is 8.74. The number of ether oxygens (including phenoxy) is 2. The topological polar surface area (TPSA) is 130 Å².